The molecule has 1 aromatic carbocycles. The minimum absolute atomic E-state index is 0.552. The van der Waals surface area contributed by atoms with E-state index in [2.05, 4.69) is 24.9 Å². The number of rotatable bonds is 6. The molecule has 16 heavy (non-hydrogen) atoms. The van der Waals surface area contributed by atoms with Crippen molar-refractivity contribution in [3.8, 4) is 5.75 Å². The monoisotopic (exact) mass is 222 g/mol. The summed E-state index contributed by atoms with van der Waals surface area (Å²) in [4.78, 5) is 2.23. The van der Waals surface area contributed by atoms with E-state index in [1.54, 1.807) is 7.11 Å². The Morgan fingerprint density at radius 2 is 2.19 bits per heavy atom. The number of hydrogen-bond donors (Lipinski definition) is 1. The van der Waals surface area contributed by atoms with Gasteiger partial charge in [-0.15, -0.1) is 0 Å². The maximum atomic E-state index is 5.71. The van der Waals surface area contributed by atoms with Gasteiger partial charge in [-0.1, -0.05) is 19.4 Å². The van der Waals surface area contributed by atoms with Gasteiger partial charge in [0.05, 0.1) is 7.11 Å². The van der Waals surface area contributed by atoms with Crippen LogP contribution in [-0.2, 0) is 0 Å². The number of ether oxygens (including phenoxy) is 1. The lowest BCUT2D eigenvalue weighted by atomic mass is 10.1. The Morgan fingerprint density at radius 3 is 2.75 bits per heavy atom. The summed E-state index contributed by atoms with van der Waals surface area (Å²) >= 11 is 0. The lowest BCUT2D eigenvalue weighted by Gasteiger charge is -2.24. The highest BCUT2D eigenvalue weighted by Gasteiger charge is 2.08. The largest absolute Gasteiger partial charge is 0.497 e. The van der Waals surface area contributed by atoms with E-state index in [0.29, 0.717) is 5.92 Å². The SMILES string of the molecule is CCC(CN)CN(C)c1cccc(OC)c1. The van der Waals surface area contributed by atoms with Crippen LogP contribution in [0.4, 0.5) is 5.69 Å². The Kier molecular flexibility index (Phi) is 5.12. The first kappa shape index (κ1) is 12.8. The molecule has 1 atom stereocenters. The Balaban J connectivity index is 2.67. The summed E-state index contributed by atoms with van der Waals surface area (Å²) in [5.41, 5.74) is 6.89. The maximum Gasteiger partial charge on any atom is 0.120 e. The summed E-state index contributed by atoms with van der Waals surface area (Å²) < 4.78 is 5.21. The number of anilines is 1. The first-order valence-electron chi connectivity index (χ1n) is 5.76. The molecule has 3 nitrogen and oxygen atoms in total. The topological polar surface area (TPSA) is 38.5 Å². The maximum absolute atomic E-state index is 5.71. The van der Waals surface area contributed by atoms with Crippen molar-refractivity contribution in [2.24, 2.45) is 11.7 Å². The predicted molar refractivity (Wildman–Crippen MR) is 69.1 cm³/mol. The molecule has 1 unspecified atom stereocenters. The standard InChI is InChI=1S/C13H22N2O/c1-4-11(9-14)10-15(2)12-6-5-7-13(8-12)16-3/h5-8,11H,4,9-10,14H2,1-3H3. The quantitative estimate of drug-likeness (QED) is 0.801. The highest BCUT2D eigenvalue weighted by molar-refractivity contribution is 5.50. The van der Waals surface area contributed by atoms with Crippen LogP contribution in [0.5, 0.6) is 5.75 Å². The Morgan fingerprint density at radius 1 is 1.44 bits per heavy atom. The first-order valence-corrected chi connectivity index (χ1v) is 5.76. The zero-order chi connectivity index (χ0) is 12.0. The lowest BCUT2D eigenvalue weighted by Crippen LogP contribution is -2.29. The molecule has 0 bridgehead atoms. The molecule has 0 saturated carbocycles. The fraction of sp³-hybridized carbons (Fsp3) is 0.538. The molecule has 0 aromatic heterocycles. The average molecular weight is 222 g/mol. The first-order chi connectivity index (χ1) is 7.71. The van der Waals surface area contributed by atoms with E-state index in [4.69, 9.17) is 10.5 Å². The number of methoxy groups -OCH3 is 1. The van der Waals surface area contributed by atoms with Gasteiger partial charge < -0.3 is 15.4 Å². The van der Waals surface area contributed by atoms with Crippen LogP contribution < -0.4 is 15.4 Å². The van der Waals surface area contributed by atoms with Gasteiger partial charge >= 0.3 is 0 Å². The highest BCUT2D eigenvalue weighted by atomic mass is 16.5. The van der Waals surface area contributed by atoms with Crippen LogP contribution in [0.15, 0.2) is 24.3 Å². The van der Waals surface area contributed by atoms with Crippen LogP contribution in [-0.4, -0.2) is 27.2 Å². The van der Waals surface area contributed by atoms with Crippen molar-refractivity contribution >= 4 is 5.69 Å². The van der Waals surface area contributed by atoms with Gasteiger partial charge in [-0.3, -0.25) is 0 Å². The minimum Gasteiger partial charge on any atom is -0.497 e. The third-order valence-electron chi connectivity index (χ3n) is 2.94. The van der Waals surface area contributed by atoms with Crippen molar-refractivity contribution in [1.29, 1.82) is 0 Å². The van der Waals surface area contributed by atoms with Gasteiger partial charge in [0.25, 0.3) is 0 Å². The summed E-state index contributed by atoms with van der Waals surface area (Å²) in [5, 5.41) is 0. The van der Waals surface area contributed by atoms with Gasteiger partial charge in [0, 0.05) is 25.3 Å². The third kappa shape index (κ3) is 3.42. The molecule has 0 aliphatic heterocycles. The number of nitrogens with two attached hydrogens (primary N) is 1. The number of nitrogens with zero attached hydrogens (tertiary/aromatic N) is 1. The van der Waals surface area contributed by atoms with Crippen LogP contribution in [0, 0.1) is 5.92 Å². The van der Waals surface area contributed by atoms with Gasteiger partial charge in [0.15, 0.2) is 0 Å². The molecule has 0 aliphatic carbocycles. The zero-order valence-electron chi connectivity index (χ0n) is 10.4. The van der Waals surface area contributed by atoms with Crippen molar-refractivity contribution in [1.82, 2.24) is 0 Å². The summed E-state index contributed by atoms with van der Waals surface area (Å²) in [6.07, 6.45) is 1.12. The molecular weight excluding hydrogens is 200 g/mol. The van der Waals surface area contributed by atoms with Gasteiger partial charge in [-0.25, -0.2) is 0 Å². The van der Waals surface area contributed by atoms with Gasteiger partial charge in [0.2, 0.25) is 0 Å². The number of hydrogen-bond acceptors (Lipinski definition) is 3. The smallest absolute Gasteiger partial charge is 0.120 e. The lowest BCUT2D eigenvalue weighted by molar-refractivity contribution is 0.414. The van der Waals surface area contributed by atoms with Crippen LogP contribution in [0.25, 0.3) is 0 Å². The second-order valence-corrected chi connectivity index (χ2v) is 4.09. The molecule has 1 rings (SSSR count). The summed E-state index contributed by atoms with van der Waals surface area (Å²) in [7, 11) is 3.78. The molecule has 2 N–H and O–H groups in total. The molecule has 0 fully saturated rings. The van der Waals surface area contributed by atoms with E-state index in [1.165, 1.54) is 5.69 Å². The van der Waals surface area contributed by atoms with Crippen molar-refractivity contribution in [2.75, 3.05) is 32.1 Å². The van der Waals surface area contributed by atoms with E-state index in [1.807, 2.05) is 18.2 Å². The average Bonchev–Trinajstić information content (AvgIpc) is 2.35. The number of benzene rings is 1. The molecular formula is C13H22N2O. The highest BCUT2D eigenvalue weighted by Crippen LogP contribution is 2.20. The van der Waals surface area contributed by atoms with Gasteiger partial charge in [-0.05, 0) is 24.6 Å². The van der Waals surface area contributed by atoms with Crippen molar-refractivity contribution in [2.45, 2.75) is 13.3 Å². The third-order valence-corrected chi connectivity index (χ3v) is 2.94. The molecule has 3 heteroatoms. The second-order valence-electron chi connectivity index (χ2n) is 4.09. The minimum atomic E-state index is 0.552. The van der Waals surface area contributed by atoms with Crippen LogP contribution in [0.1, 0.15) is 13.3 Å². The van der Waals surface area contributed by atoms with Gasteiger partial charge in [0.1, 0.15) is 5.75 Å². The molecule has 0 heterocycles. The zero-order valence-corrected chi connectivity index (χ0v) is 10.4. The van der Waals surface area contributed by atoms with Gasteiger partial charge in [-0.2, -0.15) is 0 Å². The Hall–Kier alpha value is -1.22. The van der Waals surface area contributed by atoms with Crippen LogP contribution in [0.3, 0.4) is 0 Å². The molecule has 0 spiro atoms. The summed E-state index contributed by atoms with van der Waals surface area (Å²) in [6.45, 7) is 3.90. The fourth-order valence-electron chi connectivity index (χ4n) is 1.71. The second kappa shape index (κ2) is 6.38. The molecule has 0 aliphatic rings. The van der Waals surface area contributed by atoms with E-state index in [9.17, 15) is 0 Å². The Labute approximate surface area is 98.2 Å². The molecule has 90 valence electrons. The predicted octanol–water partition coefficient (Wildman–Crippen LogP) is 2.12. The van der Waals surface area contributed by atoms with E-state index >= 15 is 0 Å². The van der Waals surface area contributed by atoms with E-state index < -0.39 is 0 Å². The van der Waals surface area contributed by atoms with Crippen LogP contribution in [0.2, 0.25) is 0 Å². The van der Waals surface area contributed by atoms with E-state index in [0.717, 1.165) is 25.3 Å². The molecule has 0 radical (unpaired) electrons. The van der Waals surface area contributed by atoms with E-state index in [-0.39, 0.29) is 0 Å². The summed E-state index contributed by atoms with van der Waals surface area (Å²) in [5.74, 6) is 1.45. The Bertz CT molecular complexity index is 311. The fourth-order valence-corrected chi connectivity index (χ4v) is 1.71. The summed E-state index contributed by atoms with van der Waals surface area (Å²) in [6, 6.07) is 8.10. The van der Waals surface area contributed by atoms with Crippen LogP contribution >= 0.6 is 0 Å². The molecule has 0 saturated heterocycles. The molecule has 0 amide bonds. The van der Waals surface area contributed by atoms with Crippen molar-refractivity contribution in [3.05, 3.63) is 24.3 Å². The van der Waals surface area contributed by atoms with Crippen molar-refractivity contribution < 1.29 is 4.74 Å². The van der Waals surface area contributed by atoms with Crippen molar-refractivity contribution in [3.63, 3.8) is 0 Å². The molecule has 1 aromatic rings. The normalized spacial score (nSPS) is 12.2.